The maximum Gasteiger partial charge on any atom is 0.244 e. The minimum absolute atomic E-state index is 0.0204. The van der Waals surface area contributed by atoms with Crippen molar-refractivity contribution in [1.82, 2.24) is 14.9 Å². The molecule has 2 rings (SSSR count). The van der Waals surface area contributed by atoms with Crippen LogP contribution in [0.4, 0.5) is 0 Å². The first-order valence-corrected chi connectivity index (χ1v) is 6.52. The third kappa shape index (κ3) is 2.81. The number of hydrogen-bond donors (Lipinski definition) is 0. The Labute approximate surface area is 107 Å². The smallest absolute Gasteiger partial charge is 0.244 e. The number of hydrogen-bond acceptors (Lipinski definition) is 4. The van der Waals surface area contributed by atoms with Crippen LogP contribution < -0.4 is 0 Å². The van der Waals surface area contributed by atoms with E-state index in [0.29, 0.717) is 26.1 Å². The minimum atomic E-state index is -0.337. The zero-order chi connectivity index (χ0) is 13.1. The van der Waals surface area contributed by atoms with Crippen LogP contribution in [0, 0.1) is 0 Å². The van der Waals surface area contributed by atoms with Crippen molar-refractivity contribution in [3.8, 4) is 0 Å². The molecule has 0 aliphatic carbocycles. The number of hydroxylamine groups is 2. The maximum atomic E-state index is 12.1. The van der Waals surface area contributed by atoms with Gasteiger partial charge in [-0.1, -0.05) is 0 Å². The fourth-order valence-corrected chi connectivity index (χ4v) is 2.39. The van der Waals surface area contributed by atoms with Crippen molar-refractivity contribution in [3.63, 3.8) is 0 Å². The van der Waals surface area contributed by atoms with Crippen molar-refractivity contribution in [3.05, 3.63) is 0 Å². The van der Waals surface area contributed by atoms with E-state index in [1.54, 1.807) is 23.8 Å². The largest absolute Gasteiger partial charge is 0.342 e. The standard InChI is InChI=1S/C12H21N3O3/c1-10-12(17)13(2)7-8-15(10)11(16)4-6-14-5-3-9-18-14/h10H,3-9H2,1-2H3. The Balaban J connectivity index is 1.82. The van der Waals surface area contributed by atoms with Gasteiger partial charge in [0.15, 0.2) is 0 Å². The normalized spacial score (nSPS) is 25.9. The molecule has 2 heterocycles. The lowest BCUT2D eigenvalue weighted by Crippen LogP contribution is -2.56. The van der Waals surface area contributed by atoms with E-state index in [9.17, 15) is 9.59 Å². The van der Waals surface area contributed by atoms with E-state index in [2.05, 4.69) is 0 Å². The number of piperazine rings is 1. The third-order valence-corrected chi connectivity index (χ3v) is 3.60. The van der Waals surface area contributed by atoms with Gasteiger partial charge < -0.3 is 9.80 Å². The van der Waals surface area contributed by atoms with Crippen molar-refractivity contribution in [2.45, 2.75) is 25.8 Å². The first kappa shape index (κ1) is 13.3. The topological polar surface area (TPSA) is 53.1 Å². The van der Waals surface area contributed by atoms with Crippen molar-refractivity contribution in [2.24, 2.45) is 0 Å². The summed E-state index contributed by atoms with van der Waals surface area (Å²) in [5, 5.41) is 1.83. The lowest BCUT2D eigenvalue weighted by Gasteiger charge is -2.37. The summed E-state index contributed by atoms with van der Waals surface area (Å²) in [6.07, 6.45) is 1.44. The molecule has 6 heteroatoms. The van der Waals surface area contributed by atoms with Gasteiger partial charge in [-0.3, -0.25) is 14.4 Å². The monoisotopic (exact) mass is 255 g/mol. The highest BCUT2D eigenvalue weighted by atomic mass is 16.7. The lowest BCUT2D eigenvalue weighted by atomic mass is 10.1. The summed E-state index contributed by atoms with van der Waals surface area (Å²) >= 11 is 0. The van der Waals surface area contributed by atoms with Gasteiger partial charge in [0.1, 0.15) is 6.04 Å². The highest BCUT2D eigenvalue weighted by molar-refractivity contribution is 5.88. The molecule has 2 saturated heterocycles. The van der Waals surface area contributed by atoms with E-state index in [1.807, 2.05) is 5.06 Å². The Morgan fingerprint density at radius 1 is 1.39 bits per heavy atom. The fraction of sp³-hybridized carbons (Fsp3) is 0.833. The van der Waals surface area contributed by atoms with Crippen LogP contribution >= 0.6 is 0 Å². The van der Waals surface area contributed by atoms with Gasteiger partial charge in [0, 0.05) is 39.6 Å². The van der Waals surface area contributed by atoms with Crippen LogP contribution in [-0.4, -0.2) is 72.6 Å². The average molecular weight is 255 g/mol. The van der Waals surface area contributed by atoms with Crippen LogP contribution in [-0.2, 0) is 14.4 Å². The van der Waals surface area contributed by atoms with Crippen molar-refractivity contribution in [1.29, 1.82) is 0 Å². The molecule has 0 N–H and O–H groups in total. The molecule has 18 heavy (non-hydrogen) atoms. The average Bonchev–Trinajstić information content (AvgIpc) is 2.86. The number of carbonyl (C=O) groups is 2. The van der Waals surface area contributed by atoms with Gasteiger partial charge in [-0.05, 0) is 13.3 Å². The molecular weight excluding hydrogens is 234 g/mol. The molecular formula is C12H21N3O3. The molecule has 2 aliphatic heterocycles. The van der Waals surface area contributed by atoms with E-state index in [-0.39, 0.29) is 17.9 Å². The van der Waals surface area contributed by atoms with Gasteiger partial charge in [0.2, 0.25) is 11.8 Å². The van der Waals surface area contributed by atoms with Crippen LogP contribution in [0.25, 0.3) is 0 Å². The molecule has 0 saturated carbocycles. The molecule has 0 aromatic heterocycles. The second kappa shape index (κ2) is 5.67. The van der Waals surface area contributed by atoms with E-state index in [4.69, 9.17) is 4.84 Å². The van der Waals surface area contributed by atoms with Gasteiger partial charge in [-0.15, -0.1) is 0 Å². The van der Waals surface area contributed by atoms with Crippen molar-refractivity contribution < 1.29 is 14.4 Å². The molecule has 1 atom stereocenters. The number of rotatable bonds is 3. The van der Waals surface area contributed by atoms with E-state index in [0.717, 1.165) is 19.6 Å². The number of likely N-dealkylation sites (N-methyl/N-ethyl adjacent to an activating group) is 1. The highest BCUT2D eigenvalue weighted by Crippen LogP contribution is 2.12. The van der Waals surface area contributed by atoms with Gasteiger partial charge in [0.05, 0.1) is 6.61 Å². The predicted octanol–water partition coefficient (Wildman–Crippen LogP) is -0.297. The Morgan fingerprint density at radius 3 is 2.83 bits per heavy atom. The molecule has 0 aromatic carbocycles. The van der Waals surface area contributed by atoms with Gasteiger partial charge in [-0.2, -0.15) is 5.06 Å². The quantitative estimate of drug-likeness (QED) is 0.695. The Bertz CT molecular complexity index is 329. The summed E-state index contributed by atoms with van der Waals surface area (Å²) in [6.45, 7) is 5.30. The molecule has 0 spiro atoms. The summed E-state index contributed by atoms with van der Waals surface area (Å²) in [6, 6.07) is -0.337. The number of nitrogens with zero attached hydrogens (tertiary/aromatic N) is 3. The van der Waals surface area contributed by atoms with Gasteiger partial charge in [-0.25, -0.2) is 0 Å². The summed E-state index contributed by atoms with van der Waals surface area (Å²) in [5.74, 6) is 0.0615. The first-order valence-electron chi connectivity index (χ1n) is 6.52. The second-order valence-corrected chi connectivity index (χ2v) is 4.89. The van der Waals surface area contributed by atoms with Gasteiger partial charge >= 0.3 is 0 Å². The summed E-state index contributed by atoms with van der Waals surface area (Å²) < 4.78 is 0. The highest BCUT2D eigenvalue weighted by Gasteiger charge is 2.32. The Kier molecular flexibility index (Phi) is 4.19. The van der Waals surface area contributed by atoms with Crippen molar-refractivity contribution in [2.75, 3.05) is 39.8 Å². The molecule has 2 aliphatic rings. The molecule has 1 unspecified atom stereocenters. The molecule has 102 valence electrons. The number of carbonyl (C=O) groups excluding carboxylic acids is 2. The molecule has 6 nitrogen and oxygen atoms in total. The molecule has 2 fully saturated rings. The molecule has 0 bridgehead atoms. The maximum absolute atomic E-state index is 12.1. The van der Waals surface area contributed by atoms with Gasteiger partial charge in [0.25, 0.3) is 0 Å². The van der Waals surface area contributed by atoms with E-state index < -0.39 is 0 Å². The SMILES string of the molecule is CC1C(=O)N(C)CCN1C(=O)CCN1CCCO1. The predicted molar refractivity (Wildman–Crippen MR) is 65.6 cm³/mol. The zero-order valence-corrected chi connectivity index (χ0v) is 11.1. The van der Waals surface area contributed by atoms with Crippen LogP contribution in [0.2, 0.25) is 0 Å². The Morgan fingerprint density at radius 2 is 2.17 bits per heavy atom. The second-order valence-electron chi connectivity index (χ2n) is 4.89. The van der Waals surface area contributed by atoms with Crippen molar-refractivity contribution >= 4 is 11.8 Å². The third-order valence-electron chi connectivity index (χ3n) is 3.60. The summed E-state index contributed by atoms with van der Waals surface area (Å²) in [4.78, 5) is 32.6. The van der Waals surface area contributed by atoms with E-state index in [1.165, 1.54) is 0 Å². The molecule has 0 aromatic rings. The van der Waals surface area contributed by atoms with Crippen LogP contribution in [0.15, 0.2) is 0 Å². The number of amides is 2. The Hall–Kier alpha value is -1.14. The first-order chi connectivity index (χ1) is 8.59. The molecule has 0 radical (unpaired) electrons. The summed E-state index contributed by atoms with van der Waals surface area (Å²) in [7, 11) is 1.78. The minimum Gasteiger partial charge on any atom is -0.342 e. The van der Waals surface area contributed by atoms with Crippen LogP contribution in [0.5, 0.6) is 0 Å². The van der Waals surface area contributed by atoms with Crippen LogP contribution in [0.1, 0.15) is 19.8 Å². The van der Waals surface area contributed by atoms with Crippen LogP contribution in [0.3, 0.4) is 0 Å². The fourth-order valence-electron chi connectivity index (χ4n) is 2.39. The zero-order valence-electron chi connectivity index (χ0n) is 11.1. The van der Waals surface area contributed by atoms with E-state index >= 15 is 0 Å². The lowest BCUT2D eigenvalue weighted by molar-refractivity contribution is -0.152. The molecule has 2 amide bonds. The summed E-state index contributed by atoms with van der Waals surface area (Å²) in [5.41, 5.74) is 0.